The van der Waals surface area contributed by atoms with Crippen LogP contribution in [0.15, 0.2) is 0 Å². The van der Waals surface area contributed by atoms with Gasteiger partial charge in [0.1, 0.15) is 11.4 Å². The fourth-order valence-electron chi connectivity index (χ4n) is 3.31. The molecule has 0 amide bonds. The second-order valence-electron chi connectivity index (χ2n) is 6.93. The summed E-state index contributed by atoms with van der Waals surface area (Å²) in [6.07, 6.45) is 4.33. The zero-order chi connectivity index (χ0) is 15.1. The van der Waals surface area contributed by atoms with Gasteiger partial charge in [-0.25, -0.2) is 9.97 Å². The van der Waals surface area contributed by atoms with Crippen molar-refractivity contribution in [2.24, 2.45) is 5.41 Å². The van der Waals surface area contributed by atoms with Gasteiger partial charge in [0.25, 0.3) is 0 Å². The SMILES string of the molecule is CNc1nc(C2(OC)CCC(C)(C)CC2)nc2c1CSC2. The maximum atomic E-state index is 5.96. The van der Waals surface area contributed by atoms with Crippen molar-refractivity contribution < 1.29 is 4.74 Å². The monoisotopic (exact) mass is 307 g/mol. The number of anilines is 1. The molecular formula is C16H25N3OS. The molecule has 5 heteroatoms. The first-order valence-electron chi connectivity index (χ1n) is 7.71. The third-order valence-electron chi connectivity index (χ3n) is 5.02. The number of rotatable bonds is 3. The molecule has 0 aromatic carbocycles. The molecule has 1 saturated carbocycles. The molecule has 0 saturated heterocycles. The molecule has 116 valence electrons. The molecule has 0 spiro atoms. The van der Waals surface area contributed by atoms with Crippen LogP contribution in [0.3, 0.4) is 0 Å². The van der Waals surface area contributed by atoms with Crippen molar-refractivity contribution in [3.8, 4) is 0 Å². The van der Waals surface area contributed by atoms with Gasteiger partial charge < -0.3 is 10.1 Å². The van der Waals surface area contributed by atoms with Gasteiger partial charge in [-0.2, -0.15) is 11.8 Å². The van der Waals surface area contributed by atoms with E-state index in [1.807, 2.05) is 25.9 Å². The molecule has 1 aromatic rings. The first-order valence-corrected chi connectivity index (χ1v) is 8.86. The molecule has 1 N–H and O–H groups in total. The highest BCUT2D eigenvalue weighted by molar-refractivity contribution is 7.98. The van der Waals surface area contributed by atoms with E-state index in [1.165, 1.54) is 11.3 Å². The fraction of sp³-hybridized carbons (Fsp3) is 0.750. The topological polar surface area (TPSA) is 47.0 Å². The quantitative estimate of drug-likeness (QED) is 0.922. The smallest absolute Gasteiger partial charge is 0.162 e. The molecule has 0 unspecified atom stereocenters. The normalized spacial score (nSPS) is 22.9. The van der Waals surface area contributed by atoms with Crippen molar-refractivity contribution in [2.75, 3.05) is 19.5 Å². The van der Waals surface area contributed by atoms with Crippen LogP contribution in [0.25, 0.3) is 0 Å². The molecule has 0 atom stereocenters. The number of ether oxygens (including phenoxy) is 1. The van der Waals surface area contributed by atoms with Gasteiger partial charge in [0.05, 0.1) is 5.69 Å². The molecule has 2 heterocycles. The summed E-state index contributed by atoms with van der Waals surface area (Å²) in [7, 11) is 3.75. The molecule has 0 bridgehead atoms. The lowest BCUT2D eigenvalue weighted by molar-refractivity contribution is -0.0729. The Bertz CT molecular complexity index is 535. The number of nitrogens with zero attached hydrogens (tertiary/aromatic N) is 2. The largest absolute Gasteiger partial charge is 0.373 e. The Morgan fingerprint density at radius 2 is 1.81 bits per heavy atom. The van der Waals surface area contributed by atoms with E-state index in [4.69, 9.17) is 14.7 Å². The van der Waals surface area contributed by atoms with Gasteiger partial charge >= 0.3 is 0 Å². The van der Waals surface area contributed by atoms with Crippen molar-refractivity contribution in [3.05, 3.63) is 17.1 Å². The summed E-state index contributed by atoms with van der Waals surface area (Å²) in [6, 6.07) is 0. The molecule has 3 rings (SSSR count). The fourth-order valence-corrected chi connectivity index (χ4v) is 4.35. The van der Waals surface area contributed by atoms with Crippen LogP contribution in [0, 0.1) is 5.41 Å². The Labute approximate surface area is 131 Å². The summed E-state index contributed by atoms with van der Waals surface area (Å²) in [5.74, 6) is 3.87. The number of hydrogen-bond acceptors (Lipinski definition) is 5. The predicted molar refractivity (Wildman–Crippen MR) is 87.5 cm³/mol. The Morgan fingerprint density at radius 3 is 2.43 bits per heavy atom. The minimum atomic E-state index is -0.302. The van der Waals surface area contributed by atoms with E-state index >= 15 is 0 Å². The second kappa shape index (κ2) is 5.43. The van der Waals surface area contributed by atoms with Crippen molar-refractivity contribution in [1.82, 2.24) is 9.97 Å². The van der Waals surface area contributed by atoms with Gasteiger partial charge in [-0.05, 0) is 31.1 Å². The van der Waals surface area contributed by atoms with E-state index < -0.39 is 0 Å². The number of fused-ring (bicyclic) bond motifs is 1. The summed E-state index contributed by atoms with van der Waals surface area (Å²) in [4.78, 5) is 9.70. The van der Waals surface area contributed by atoms with Crippen LogP contribution in [0.1, 0.15) is 56.6 Å². The molecule has 4 nitrogen and oxygen atoms in total. The second-order valence-corrected chi connectivity index (χ2v) is 7.91. The standard InChI is InChI=1S/C16H25N3OS/c1-15(2)5-7-16(20-4,8-6-15)14-18-12-10-21-9-11(12)13(17-3)19-14/h5-10H2,1-4H3,(H,17,18,19). The van der Waals surface area contributed by atoms with Crippen LogP contribution < -0.4 is 5.32 Å². The van der Waals surface area contributed by atoms with Crippen LogP contribution in [0.5, 0.6) is 0 Å². The average Bonchev–Trinajstić information content (AvgIpc) is 2.95. The Kier molecular flexibility index (Phi) is 3.91. The van der Waals surface area contributed by atoms with Gasteiger partial charge in [0.2, 0.25) is 0 Å². The van der Waals surface area contributed by atoms with E-state index in [-0.39, 0.29) is 5.60 Å². The molecule has 1 fully saturated rings. The summed E-state index contributed by atoms with van der Waals surface area (Å²) in [5, 5.41) is 3.24. The van der Waals surface area contributed by atoms with E-state index in [1.54, 1.807) is 0 Å². The highest BCUT2D eigenvalue weighted by Crippen LogP contribution is 2.47. The number of hydrogen-bond donors (Lipinski definition) is 1. The number of aromatic nitrogens is 2. The Hall–Kier alpha value is -0.810. The van der Waals surface area contributed by atoms with Crippen molar-refractivity contribution in [1.29, 1.82) is 0 Å². The van der Waals surface area contributed by atoms with Crippen LogP contribution in [-0.2, 0) is 21.8 Å². The number of methoxy groups -OCH3 is 1. The van der Waals surface area contributed by atoms with Crippen molar-refractivity contribution >= 4 is 17.6 Å². The molecule has 1 aliphatic heterocycles. The summed E-state index contributed by atoms with van der Waals surface area (Å²) < 4.78 is 5.96. The summed E-state index contributed by atoms with van der Waals surface area (Å²) >= 11 is 1.91. The van der Waals surface area contributed by atoms with Crippen LogP contribution in [0.2, 0.25) is 0 Å². The van der Waals surface area contributed by atoms with E-state index in [9.17, 15) is 0 Å². The highest BCUT2D eigenvalue weighted by atomic mass is 32.2. The molecule has 0 radical (unpaired) electrons. The first kappa shape index (κ1) is 15.1. The van der Waals surface area contributed by atoms with Gasteiger partial charge in [0.15, 0.2) is 5.82 Å². The molecule has 21 heavy (non-hydrogen) atoms. The Balaban J connectivity index is 1.98. The van der Waals surface area contributed by atoms with Gasteiger partial charge in [-0.1, -0.05) is 13.8 Å². The molecular weight excluding hydrogens is 282 g/mol. The zero-order valence-corrected chi connectivity index (χ0v) is 14.3. The summed E-state index contributed by atoms with van der Waals surface area (Å²) in [5.41, 5.74) is 2.56. The molecule has 2 aliphatic rings. The van der Waals surface area contributed by atoms with Crippen molar-refractivity contribution in [2.45, 2.75) is 56.6 Å². The average molecular weight is 307 g/mol. The number of thioether (sulfide) groups is 1. The number of nitrogens with one attached hydrogen (secondary N) is 1. The maximum Gasteiger partial charge on any atom is 0.162 e. The lowest BCUT2D eigenvalue weighted by Gasteiger charge is -2.41. The van der Waals surface area contributed by atoms with E-state index in [0.29, 0.717) is 5.41 Å². The first-order chi connectivity index (χ1) is 10.00. The third-order valence-corrected chi connectivity index (χ3v) is 5.99. The van der Waals surface area contributed by atoms with E-state index in [0.717, 1.165) is 48.8 Å². The predicted octanol–water partition coefficient (Wildman–Crippen LogP) is 3.71. The minimum Gasteiger partial charge on any atom is -0.373 e. The Morgan fingerprint density at radius 1 is 1.10 bits per heavy atom. The molecule has 1 aliphatic carbocycles. The van der Waals surface area contributed by atoms with Gasteiger partial charge in [0, 0.05) is 31.2 Å². The third kappa shape index (κ3) is 2.66. The minimum absolute atomic E-state index is 0.302. The zero-order valence-electron chi connectivity index (χ0n) is 13.5. The van der Waals surface area contributed by atoms with E-state index in [2.05, 4.69) is 19.2 Å². The lowest BCUT2D eigenvalue weighted by atomic mass is 9.70. The maximum absolute atomic E-state index is 5.96. The van der Waals surface area contributed by atoms with Crippen LogP contribution >= 0.6 is 11.8 Å². The van der Waals surface area contributed by atoms with Crippen LogP contribution in [-0.4, -0.2) is 24.1 Å². The highest BCUT2D eigenvalue weighted by Gasteiger charge is 2.42. The van der Waals surface area contributed by atoms with Crippen LogP contribution in [0.4, 0.5) is 5.82 Å². The van der Waals surface area contributed by atoms with Gasteiger partial charge in [-0.15, -0.1) is 0 Å². The van der Waals surface area contributed by atoms with Crippen molar-refractivity contribution in [3.63, 3.8) is 0 Å². The lowest BCUT2D eigenvalue weighted by Crippen LogP contribution is -2.38. The summed E-state index contributed by atoms with van der Waals surface area (Å²) in [6.45, 7) is 4.68. The molecule has 1 aromatic heterocycles. The van der Waals surface area contributed by atoms with Gasteiger partial charge in [-0.3, -0.25) is 0 Å².